The molecule has 0 atom stereocenters. The summed E-state index contributed by atoms with van der Waals surface area (Å²) >= 11 is 0. The summed E-state index contributed by atoms with van der Waals surface area (Å²) in [7, 11) is 0. The zero-order chi connectivity index (χ0) is 13.9. The van der Waals surface area contributed by atoms with Crippen LogP contribution in [0.25, 0.3) is 0 Å². The zero-order valence-electron chi connectivity index (χ0n) is 11.6. The van der Waals surface area contributed by atoms with Gasteiger partial charge in [0.2, 0.25) is 0 Å². The SMILES string of the molecule is CCc1cnccc1C(=O)N1CCCc2occc2C1. The molecule has 0 aliphatic carbocycles. The molecule has 0 saturated heterocycles. The fourth-order valence-corrected chi connectivity index (χ4v) is 2.70. The highest BCUT2D eigenvalue weighted by Crippen LogP contribution is 2.22. The van der Waals surface area contributed by atoms with Gasteiger partial charge in [0.05, 0.1) is 6.26 Å². The van der Waals surface area contributed by atoms with Crippen LogP contribution in [0.1, 0.15) is 40.6 Å². The molecule has 4 heteroatoms. The van der Waals surface area contributed by atoms with E-state index in [4.69, 9.17) is 4.42 Å². The summed E-state index contributed by atoms with van der Waals surface area (Å²) in [6.07, 6.45) is 7.85. The molecule has 0 radical (unpaired) electrons. The molecule has 2 aromatic rings. The minimum atomic E-state index is 0.0956. The number of aryl methyl sites for hydroxylation is 2. The first-order valence-corrected chi connectivity index (χ1v) is 7.07. The topological polar surface area (TPSA) is 46.3 Å². The molecule has 1 amide bonds. The number of hydrogen-bond donors (Lipinski definition) is 0. The van der Waals surface area contributed by atoms with Crippen molar-refractivity contribution < 1.29 is 9.21 Å². The van der Waals surface area contributed by atoms with Gasteiger partial charge in [-0.1, -0.05) is 6.92 Å². The predicted octanol–water partition coefficient (Wildman–Crippen LogP) is 2.83. The van der Waals surface area contributed by atoms with E-state index >= 15 is 0 Å². The Labute approximate surface area is 118 Å². The molecule has 20 heavy (non-hydrogen) atoms. The first-order valence-electron chi connectivity index (χ1n) is 7.07. The molecule has 0 saturated carbocycles. The van der Waals surface area contributed by atoms with Crippen molar-refractivity contribution in [1.82, 2.24) is 9.88 Å². The lowest BCUT2D eigenvalue weighted by atomic mass is 10.1. The van der Waals surface area contributed by atoms with Crippen LogP contribution in [0, 0.1) is 0 Å². The first-order chi connectivity index (χ1) is 9.79. The molecule has 0 aromatic carbocycles. The van der Waals surface area contributed by atoms with Gasteiger partial charge in [0.1, 0.15) is 5.76 Å². The smallest absolute Gasteiger partial charge is 0.254 e. The monoisotopic (exact) mass is 270 g/mol. The number of amides is 1. The van der Waals surface area contributed by atoms with Crippen molar-refractivity contribution in [2.24, 2.45) is 0 Å². The summed E-state index contributed by atoms with van der Waals surface area (Å²) in [4.78, 5) is 18.7. The Hall–Kier alpha value is -2.10. The van der Waals surface area contributed by atoms with E-state index in [0.717, 1.165) is 48.3 Å². The van der Waals surface area contributed by atoms with Crippen LogP contribution in [-0.4, -0.2) is 22.3 Å². The number of nitrogens with zero attached hydrogens (tertiary/aromatic N) is 2. The van der Waals surface area contributed by atoms with Crippen molar-refractivity contribution >= 4 is 5.91 Å². The average Bonchev–Trinajstić information content (AvgIpc) is 2.83. The molecule has 1 aliphatic heterocycles. The maximum absolute atomic E-state index is 12.7. The third-order valence-corrected chi connectivity index (χ3v) is 3.83. The van der Waals surface area contributed by atoms with Gasteiger partial charge in [0.25, 0.3) is 5.91 Å². The van der Waals surface area contributed by atoms with E-state index in [0.29, 0.717) is 6.54 Å². The molecule has 2 aromatic heterocycles. The van der Waals surface area contributed by atoms with Gasteiger partial charge in [-0.15, -0.1) is 0 Å². The molecular weight excluding hydrogens is 252 g/mol. The quantitative estimate of drug-likeness (QED) is 0.843. The van der Waals surface area contributed by atoms with Crippen LogP contribution in [0.3, 0.4) is 0 Å². The summed E-state index contributed by atoms with van der Waals surface area (Å²) in [5.41, 5.74) is 2.91. The van der Waals surface area contributed by atoms with E-state index in [1.54, 1.807) is 18.7 Å². The van der Waals surface area contributed by atoms with Gasteiger partial charge in [-0.05, 0) is 30.5 Å². The summed E-state index contributed by atoms with van der Waals surface area (Å²) in [6.45, 7) is 3.45. The van der Waals surface area contributed by atoms with E-state index in [9.17, 15) is 4.79 Å². The Morgan fingerprint density at radius 2 is 2.35 bits per heavy atom. The number of carbonyl (C=O) groups excluding carboxylic acids is 1. The van der Waals surface area contributed by atoms with Gasteiger partial charge in [-0.25, -0.2) is 0 Å². The van der Waals surface area contributed by atoms with Crippen molar-refractivity contribution in [3.8, 4) is 0 Å². The van der Waals surface area contributed by atoms with Crippen molar-refractivity contribution in [3.63, 3.8) is 0 Å². The number of fused-ring (bicyclic) bond motifs is 1. The van der Waals surface area contributed by atoms with Crippen molar-refractivity contribution in [3.05, 3.63) is 53.2 Å². The van der Waals surface area contributed by atoms with Gasteiger partial charge >= 0.3 is 0 Å². The van der Waals surface area contributed by atoms with Gasteiger partial charge < -0.3 is 9.32 Å². The van der Waals surface area contributed by atoms with Crippen LogP contribution in [0.15, 0.2) is 35.2 Å². The lowest BCUT2D eigenvalue weighted by Crippen LogP contribution is -2.31. The van der Waals surface area contributed by atoms with Crippen LogP contribution in [-0.2, 0) is 19.4 Å². The number of furan rings is 1. The molecule has 0 N–H and O–H groups in total. The third kappa shape index (κ3) is 2.33. The van der Waals surface area contributed by atoms with Crippen molar-refractivity contribution in [1.29, 1.82) is 0 Å². The van der Waals surface area contributed by atoms with E-state index < -0.39 is 0 Å². The molecule has 3 heterocycles. The molecule has 0 unspecified atom stereocenters. The van der Waals surface area contributed by atoms with Crippen molar-refractivity contribution in [2.75, 3.05) is 6.54 Å². The number of pyridine rings is 1. The molecule has 1 aliphatic rings. The van der Waals surface area contributed by atoms with Crippen LogP contribution in [0.4, 0.5) is 0 Å². The summed E-state index contributed by atoms with van der Waals surface area (Å²) in [6, 6.07) is 3.79. The normalized spacial score (nSPS) is 14.8. The third-order valence-electron chi connectivity index (χ3n) is 3.83. The van der Waals surface area contributed by atoms with Crippen LogP contribution in [0.5, 0.6) is 0 Å². The van der Waals surface area contributed by atoms with Crippen LogP contribution in [0.2, 0.25) is 0 Å². The number of aromatic nitrogens is 1. The fraction of sp³-hybridized carbons (Fsp3) is 0.375. The Morgan fingerprint density at radius 1 is 1.45 bits per heavy atom. The Morgan fingerprint density at radius 3 is 3.20 bits per heavy atom. The largest absolute Gasteiger partial charge is 0.469 e. The Balaban J connectivity index is 1.87. The second-order valence-electron chi connectivity index (χ2n) is 5.09. The van der Waals surface area contributed by atoms with Gasteiger partial charge in [-0.2, -0.15) is 0 Å². The molecule has 0 fully saturated rings. The zero-order valence-corrected chi connectivity index (χ0v) is 11.6. The number of carbonyl (C=O) groups is 1. The van der Waals surface area contributed by atoms with Gasteiger partial charge in [0, 0.05) is 43.0 Å². The maximum atomic E-state index is 12.7. The van der Waals surface area contributed by atoms with Gasteiger partial charge in [-0.3, -0.25) is 9.78 Å². The highest BCUT2D eigenvalue weighted by molar-refractivity contribution is 5.95. The molecule has 0 spiro atoms. The summed E-state index contributed by atoms with van der Waals surface area (Å²) in [5.74, 6) is 1.11. The molecule has 3 rings (SSSR count). The number of rotatable bonds is 2. The second-order valence-corrected chi connectivity index (χ2v) is 5.09. The fourth-order valence-electron chi connectivity index (χ4n) is 2.70. The van der Waals surface area contributed by atoms with E-state index in [2.05, 4.69) is 4.98 Å². The minimum Gasteiger partial charge on any atom is -0.469 e. The lowest BCUT2D eigenvalue weighted by molar-refractivity contribution is 0.0744. The van der Waals surface area contributed by atoms with Crippen LogP contribution >= 0.6 is 0 Å². The highest BCUT2D eigenvalue weighted by atomic mass is 16.3. The van der Waals surface area contributed by atoms with Crippen molar-refractivity contribution in [2.45, 2.75) is 32.7 Å². The second kappa shape index (κ2) is 5.49. The molecule has 104 valence electrons. The van der Waals surface area contributed by atoms with E-state index in [1.807, 2.05) is 24.0 Å². The van der Waals surface area contributed by atoms with Crippen LogP contribution < -0.4 is 0 Å². The molecular formula is C16H18N2O2. The summed E-state index contributed by atoms with van der Waals surface area (Å²) in [5, 5.41) is 0. The standard InChI is InChI=1S/C16H18N2O2/c1-2-12-10-17-7-5-14(12)16(19)18-8-3-4-15-13(11-18)6-9-20-15/h5-7,9-10H,2-4,8,11H2,1H3. The average molecular weight is 270 g/mol. The minimum absolute atomic E-state index is 0.0956. The molecule has 4 nitrogen and oxygen atoms in total. The Kier molecular flexibility index (Phi) is 3.54. The Bertz CT molecular complexity index is 618. The van der Waals surface area contributed by atoms with Gasteiger partial charge in [0.15, 0.2) is 0 Å². The summed E-state index contributed by atoms with van der Waals surface area (Å²) < 4.78 is 5.47. The lowest BCUT2D eigenvalue weighted by Gasteiger charge is -2.21. The first kappa shape index (κ1) is 12.9. The van der Waals surface area contributed by atoms with E-state index in [-0.39, 0.29) is 5.91 Å². The number of hydrogen-bond acceptors (Lipinski definition) is 3. The highest BCUT2D eigenvalue weighted by Gasteiger charge is 2.23. The van der Waals surface area contributed by atoms with E-state index in [1.165, 1.54) is 0 Å². The predicted molar refractivity (Wildman–Crippen MR) is 75.4 cm³/mol. The molecule has 0 bridgehead atoms. The maximum Gasteiger partial charge on any atom is 0.254 e.